The van der Waals surface area contributed by atoms with E-state index in [1.807, 2.05) is 43.3 Å². The van der Waals surface area contributed by atoms with Gasteiger partial charge in [0.2, 0.25) is 9.84 Å². The fraction of sp³-hybridized carbons (Fsp3) is 0.111. The Hall–Kier alpha value is -7.09. The molecule has 304 valence electrons. The largest absolute Gasteiger partial charge is 0.497 e. The lowest BCUT2D eigenvalue weighted by Crippen LogP contribution is -2.10. The summed E-state index contributed by atoms with van der Waals surface area (Å²) in [5, 5.41) is 0. The van der Waals surface area contributed by atoms with E-state index in [9.17, 15) is 8.42 Å². The molecule has 8 aromatic carbocycles. The molecule has 0 bridgehead atoms. The number of hydrogen-bond donors (Lipinski definition) is 0. The summed E-state index contributed by atoms with van der Waals surface area (Å²) in [6.07, 6.45) is 1.95. The molecule has 0 fully saturated rings. The number of ether oxygens (including phenoxy) is 2. The smallest absolute Gasteiger partial charge is 0.206 e. The highest BCUT2D eigenvalue weighted by molar-refractivity contribution is 7.91. The van der Waals surface area contributed by atoms with Crippen molar-refractivity contribution in [1.29, 1.82) is 0 Å². The van der Waals surface area contributed by atoms with Crippen LogP contribution in [0, 0.1) is 6.92 Å². The maximum Gasteiger partial charge on any atom is 0.206 e. The van der Waals surface area contributed by atoms with Crippen LogP contribution < -0.4 is 19.3 Å². The molecule has 0 aliphatic heterocycles. The van der Waals surface area contributed by atoms with Gasteiger partial charge in [-0.15, -0.1) is 0 Å². The van der Waals surface area contributed by atoms with E-state index in [1.54, 1.807) is 55.6 Å². The Balaban J connectivity index is 1.03. The lowest BCUT2D eigenvalue weighted by atomic mass is 10.0. The molecule has 0 heterocycles. The van der Waals surface area contributed by atoms with Crippen molar-refractivity contribution >= 4 is 44.0 Å². The topological polar surface area (TPSA) is 59.1 Å². The first kappa shape index (κ1) is 40.7. The lowest BCUT2D eigenvalue weighted by Gasteiger charge is -2.26. The normalized spacial score (nSPS) is 11.2. The number of hydrogen-bond acceptors (Lipinski definition) is 6. The molecule has 8 aromatic rings. The van der Waals surface area contributed by atoms with Crippen molar-refractivity contribution in [3.8, 4) is 28.4 Å². The van der Waals surface area contributed by atoms with Crippen molar-refractivity contribution in [1.82, 2.24) is 0 Å². The first-order valence-electron chi connectivity index (χ1n) is 20.5. The second-order valence-corrected chi connectivity index (χ2v) is 16.8. The summed E-state index contributed by atoms with van der Waals surface area (Å²) < 4.78 is 38.0. The molecule has 0 radical (unpaired) electrons. The Morgan fingerprint density at radius 3 is 1.03 bits per heavy atom. The van der Waals surface area contributed by atoms with E-state index >= 15 is 0 Å². The van der Waals surface area contributed by atoms with E-state index in [4.69, 9.17) is 9.47 Å². The van der Waals surface area contributed by atoms with Crippen molar-refractivity contribution in [3.63, 3.8) is 0 Å². The third-order valence-corrected chi connectivity index (χ3v) is 12.7. The van der Waals surface area contributed by atoms with Crippen molar-refractivity contribution in [2.45, 2.75) is 43.4 Å². The number of anilines is 6. The SMILES string of the molecule is CCc1ccc(N(c2ccc(OC)cc2)c2ccc(-c3ccc(N(c4ccc(CC)cc4)c4ccc(Oc5ccc(S(=O)(=O)c6ccc(C)cc6)cc5)cc4)cc3)cc2)cc1. The zero-order valence-electron chi connectivity index (χ0n) is 34.8. The number of benzene rings is 8. The molecular weight excluding hydrogens is 773 g/mol. The Morgan fingerprint density at radius 1 is 0.393 bits per heavy atom. The van der Waals surface area contributed by atoms with Crippen LogP contribution in [0.15, 0.2) is 204 Å². The first-order valence-corrected chi connectivity index (χ1v) is 22.0. The molecule has 0 aromatic heterocycles. The van der Waals surface area contributed by atoms with Gasteiger partial charge in [-0.25, -0.2) is 8.42 Å². The minimum Gasteiger partial charge on any atom is -0.497 e. The highest BCUT2D eigenvalue weighted by atomic mass is 32.2. The number of nitrogens with zero attached hydrogens (tertiary/aromatic N) is 2. The molecule has 0 atom stereocenters. The Kier molecular flexibility index (Phi) is 12.0. The van der Waals surface area contributed by atoms with Gasteiger partial charge in [-0.2, -0.15) is 0 Å². The molecule has 0 aliphatic carbocycles. The van der Waals surface area contributed by atoms with E-state index < -0.39 is 9.84 Å². The van der Waals surface area contributed by atoms with Gasteiger partial charge in [-0.3, -0.25) is 0 Å². The van der Waals surface area contributed by atoms with E-state index in [-0.39, 0.29) is 9.79 Å². The monoisotopic (exact) mass is 820 g/mol. The Labute approximate surface area is 359 Å². The summed E-state index contributed by atoms with van der Waals surface area (Å²) in [5.74, 6) is 2.01. The van der Waals surface area contributed by atoms with Crippen LogP contribution in [-0.4, -0.2) is 15.5 Å². The van der Waals surface area contributed by atoms with E-state index in [0.29, 0.717) is 11.5 Å². The van der Waals surface area contributed by atoms with Crippen molar-refractivity contribution in [2.75, 3.05) is 16.9 Å². The lowest BCUT2D eigenvalue weighted by molar-refractivity contribution is 0.415. The fourth-order valence-electron chi connectivity index (χ4n) is 7.33. The second kappa shape index (κ2) is 18.0. The zero-order chi connectivity index (χ0) is 42.3. The van der Waals surface area contributed by atoms with Crippen LogP contribution in [0.3, 0.4) is 0 Å². The van der Waals surface area contributed by atoms with Crippen LogP contribution in [0.1, 0.15) is 30.5 Å². The number of sulfone groups is 1. The first-order chi connectivity index (χ1) is 29.7. The molecule has 0 unspecified atom stereocenters. The maximum absolute atomic E-state index is 13.2. The summed E-state index contributed by atoms with van der Waals surface area (Å²) in [4.78, 5) is 4.98. The van der Waals surface area contributed by atoms with Crippen LogP contribution in [0.4, 0.5) is 34.1 Å². The molecular formula is C54H48N2O4S. The summed E-state index contributed by atoms with van der Waals surface area (Å²) in [6, 6.07) is 64.3. The van der Waals surface area contributed by atoms with Crippen molar-refractivity contribution in [2.24, 2.45) is 0 Å². The zero-order valence-corrected chi connectivity index (χ0v) is 35.6. The Bertz CT molecular complexity index is 2740. The van der Waals surface area contributed by atoms with Gasteiger partial charge in [0.05, 0.1) is 16.9 Å². The average Bonchev–Trinajstić information content (AvgIpc) is 3.31. The molecule has 0 N–H and O–H groups in total. The van der Waals surface area contributed by atoms with E-state index in [0.717, 1.165) is 69.4 Å². The van der Waals surface area contributed by atoms with E-state index in [1.165, 1.54) is 11.1 Å². The predicted octanol–water partition coefficient (Wildman–Crippen LogP) is 14.4. The summed E-state index contributed by atoms with van der Waals surface area (Å²) >= 11 is 0. The quantitative estimate of drug-likeness (QED) is 0.109. The molecule has 7 heteroatoms. The van der Waals surface area contributed by atoms with Crippen molar-refractivity contribution < 1.29 is 17.9 Å². The average molecular weight is 821 g/mol. The van der Waals surface area contributed by atoms with Crippen LogP contribution in [0.5, 0.6) is 17.2 Å². The maximum atomic E-state index is 13.2. The molecule has 0 amide bonds. The van der Waals surface area contributed by atoms with Crippen LogP contribution in [0.25, 0.3) is 11.1 Å². The molecule has 0 saturated heterocycles. The highest BCUT2D eigenvalue weighted by Gasteiger charge is 2.19. The molecule has 0 saturated carbocycles. The van der Waals surface area contributed by atoms with Crippen LogP contribution in [0.2, 0.25) is 0 Å². The summed E-state index contributed by atoms with van der Waals surface area (Å²) in [5.41, 5.74) is 12.0. The molecule has 8 rings (SSSR count). The molecule has 0 aliphatic rings. The van der Waals surface area contributed by atoms with Gasteiger partial charge in [0.15, 0.2) is 0 Å². The van der Waals surface area contributed by atoms with Gasteiger partial charge in [-0.1, -0.05) is 80.1 Å². The minimum absolute atomic E-state index is 0.219. The summed E-state index contributed by atoms with van der Waals surface area (Å²) in [6.45, 7) is 6.26. The van der Waals surface area contributed by atoms with Crippen LogP contribution in [-0.2, 0) is 22.7 Å². The van der Waals surface area contributed by atoms with Gasteiger partial charge in [0, 0.05) is 34.1 Å². The van der Waals surface area contributed by atoms with Gasteiger partial charge in [0.25, 0.3) is 0 Å². The second-order valence-electron chi connectivity index (χ2n) is 14.9. The van der Waals surface area contributed by atoms with Gasteiger partial charge in [-0.05, 0) is 175 Å². The Morgan fingerprint density at radius 2 is 0.689 bits per heavy atom. The fourth-order valence-corrected chi connectivity index (χ4v) is 8.59. The van der Waals surface area contributed by atoms with Gasteiger partial charge >= 0.3 is 0 Å². The van der Waals surface area contributed by atoms with Crippen LogP contribution >= 0.6 is 0 Å². The summed E-state index contributed by atoms with van der Waals surface area (Å²) in [7, 11) is -1.94. The highest BCUT2D eigenvalue weighted by Crippen LogP contribution is 2.39. The minimum atomic E-state index is -3.63. The van der Waals surface area contributed by atoms with Crippen molar-refractivity contribution in [3.05, 3.63) is 211 Å². The number of aryl methyl sites for hydroxylation is 3. The standard InChI is InChI=1S/C54H48N2O4S/c1-5-40-9-17-44(18-10-40)55(48-25-29-50(59-4)30-26-48)46-21-13-42(14-22-46)43-15-23-47(24-16-43)56(45-19-11-41(6-2)12-20-45)49-27-31-51(32-28-49)60-52-33-37-54(38-34-52)61(57,58)53-35-7-39(3)8-36-53/h7-38H,5-6H2,1-4H3. The molecule has 61 heavy (non-hydrogen) atoms. The third-order valence-electron chi connectivity index (χ3n) is 10.9. The van der Waals surface area contributed by atoms with Gasteiger partial charge in [0.1, 0.15) is 17.2 Å². The van der Waals surface area contributed by atoms with Gasteiger partial charge < -0.3 is 19.3 Å². The van der Waals surface area contributed by atoms with E-state index in [2.05, 4.69) is 133 Å². The number of rotatable bonds is 14. The predicted molar refractivity (Wildman–Crippen MR) is 250 cm³/mol. The molecule has 6 nitrogen and oxygen atoms in total. The molecule has 0 spiro atoms. The third kappa shape index (κ3) is 9.08. The number of methoxy groups -OCH3 is 1.